The predicted molar refractivity (Wildman–Crippen MR) is 75.5 cm³/mol. The van der Waals surface area contributed by atoms with Crippen LogP contribution in [0.25, 0.3) is 0 Å². The summed E-state index contributed by atoms with van der Waals surface area (Å²) in [7, 11) is 2.01. The molecule has 5 nitrogen and oxygen atoms in total. The second kappa shape index (κ2) is 6.52. The lowest BCUT2D eigenvalue weighted by atomic mass is 10.1. The number of nitrogens with one attached hydrogen (secondary N) is 1. The molecule has 1 heterocycles. The van der Waals surface area contributed by atoms with Crippen LogP contribution < -0.4 is 5.32 Å². The van der Waals surface area contributed by atoms with Gasteiger partial charge in [0.15, 0.2) is 0 Å². The van der Waals surface area contributed by atoms with Crippen molar-refractivity contribution in [2.75, 3.05) is 13.6 Å². The molecule has 1 atom stereocenters. The van der Waals surface area contributed by atoms with Gasteiger partial charge < -0.3 is 10.4 Å². The number of aromatic carboxylic acids is 1. The summed E-state index contributed by atoms with van der Waals surface area (Å²) >= 11 is 0. The number of carboxylic acids is 1. The van der Waals surface area contributed by atoms with Gasteiger partial charge in [-0.2, -0.15) is 0 Å². The Morgan fingerprint density at radius 2 is 2.10 bits per heavy atom. The van der Waals surface area contributed by atoms with Crippen molar-refractivity contribution in [2.24, 2.45) is 0 Å². The van der Waals surface area contributed by atoms with Crippen LogP contribution in [0.3, 0.4) is 0 Å². The third kappa shape index (κ3) is 3.81. The quantitative estimate of drug-likeness (QED) is 0.874. The third-order valence-corrected chi connectivity index (χ3v) is 3.71. The molecule has 1 unspecified atom stereocenters. The van der Waals surface area contributed by atoms with Crippen molar-refractivity contribution in [3.63, 3.8) is 0 Å². The van der Waals surface area contributed by atoms with Crippen molar-refractivity contribution in [1.82, 2.24) is 10.2 Å². The van der Waals surface area contributed by atoms with Crippen LogP contribution in [0.5, 0.6) is 0 Å². The Bertz CT molecular complexity index is 484. The van der Waals surface area contributed by atoms with Gasteiger partial charge in [-0.3, -0.25) is 9.69 Å². The summed E-state index contributed by atoms with van der Waals surface area (Å²) < 4.78 is 0. The minimum Gasteiger partial charge on any atom is -0.478 e. The minimum atomic E-state index is -0.912. The number of carboxylic acid groups (broad SMARTS) is 1. The molecular formula is C15H20N2O3. The Morgan fingerprint density at radius 3 is 2.75 bits per heavy atom. The molecule has 1 fully saturated rings. The highest BCUT2D eigenvalue weighted by Crippen LogP contribution is 2.16. The highest BCUT2D eigenvalue weighted by atomic mass is 16.4. The Balaban J connectivity index is 1.97. The second-order valence-corrected chi connectivity index (χ2v) is 5.27. The highest BCUT2D eigenvalue weighted by molar-refractivity contribution is 5.87. The van der Waals surface area contributed by atoms with Gasteiger partial charge in [-0.15, -0.1) is 0 Å². The molecule has 1 aromatic carbocycles. The molecule has 1 saturated heterocycles. The van der Waals surface area contributed by atoms with Crippen molar-refractivity contribution in [3.05, 3.63) is 35.4 Å². The van der Waals surface area contributed by atoms with Gasteiger partial charge in [-0.05, 0) is 37.6 Å². The van der Waals surface area contributed by atoms with Gasteiger partial charge in [0, 0.05) is 25.6 Å². The maximum Gasteiger partial charge on any atom is 0.335 e. The van der Waals surface area contributed by atoms with E-state index in [4.69, 9.17) is 5.11 Å². The van der Waals surface area contributed by atoms with Crippen molar-refractivity contribution in [2.45, 2.75) is 31.8 Å². The molecule has 0 bridgehead atoms. The molecule has 0 aliphatic carbocycles. The van der Waals surface area contributed by atoms with Crippen molar-refractivity contribution in [1.29, 1.82) is 0 Å². The maximum atomic E-state index is 11.6. The van der Waals surface area contributed by atoms with Crippen LogP contribution in [-0.2, 0) is 11.3 Å². The molecule has 108 valence electrons. The first-order valence-electron chi connectivity index (χ1n) is 6.85. The lowest BCUT2D eigenvalue weighted by molar-refractivity contribution is -0.121. The Kier molecular flexibility index (Phi) is 4.74. The fourth-order valence-electron chi connectivity index (χ4n) is 2.50. The molecule has 2 rings (SSSR count). The van der Waals surface area contributed by atoms with E-state index in [1.807, 2.05) is 19.2 Å². The Morgan fingerprint density at radius 1 is 1.40 bits per heavy atom. The number of benzene rings is 1. The molecule has 2 N–H and O–H groups in total. The molecule has 5 heteroatoms. The van der Waals surface area contributed by atoms with Crippen LogP contribution in [0.15, 0.2) is 24.3 Å². The number of carbonyl (C=O) groups is 2. The number of rotatable bonds is 4. The zero-order valence-corrected chi connectivity index (χ0v) is 11.6. The summed E-state index contributed by atoms with van der Waals surface area (Å²) in [6.45, 7) is 1.48. The molecule has 1 amide bonds. The van der Waals surface area contributed by atoms with Gasteiger partial charge in [-0.25, -0.2) is 4.79 Å². The zero-order valence-electron chi connectivity index (χ0n) is 11.6. The van der Waals surface area contributed by atoms with Gasteiger partial charge in [-0.1, -0.05) is 12.1 Å². The predicted octanol–water partition coefficient (Wildman–Crippen LogP) is 1.49. The number of nitrogens with zero attached hydrogens (tertiary/aromatic N) is 1. The van der Waals surface area contributed by atoms with E-state index in [2.05, 4.69) is 10.2 Å². The molecule has 0 aromatic heterocycles. The van der Waals surface area contributed by atoms with Gasteiger partial charge in [0.25, 0.3) is 0 Å². The first kappa shape index (κ1) is 14.5. The largest absolute Gasteiger partial charge is 0.478 e. The van der Waals surface area contributed by atoms with Gasteiger partial charge in [0.05, 0.1) is 5.56 Å². The normalized spacial score (nSPS) is 19.5. The summed E-state index contributed by atoms with van der Waals surface area (Å²) in [4.78, 5) is 24.5. The fourth-order valence-corrected chi connectivity index (χ4v) is 2.50. The standard InChI is InChI=1S/C15H20N2O3/c1-17(13-3-2-8-16-14(18)9-13)10-11-4-6-12(7-5-11)15(19)20/h4-7,13H,2-3,8-10H2,1H3,(H,16,18)(H,19,20). The third-order valence-electron chi connectivity index (χ3n) is 3.71. The Labute approximate surface area is 118 Å². The van der Waals surface area contributed by atoms with Crippen LogP contribution in [0, 0.1) is 0 Å². The summed E-state index contributed by atoms with van der Waals surface area (Å²) in [5.74, 6) is -0.800. The Hall–Kier alpha value is -1.88. The molecule has 1 aromatic rings. The van der Waals surface area contributed by atoms with E-state index in [9.17, 15) is 9.59 Å². The summed E-state index contributed by atoms with van der Waals surface area (Å²) in [5.41, 5.74) is 1.35. The molecular weight excluding hydrogens is 256 g/mol. The highest BCUT2D eigenvalue weighted by Gasteiger charge is 2.21. The fraction of sp³-hybridized carbons (Fsp3) is 0.467. The van der Waals surface area contributed by atoms with Crippen LogP contribution in [0.4, 0.5) is 0 Å². The summed E-state index contributed by atoms with van der Waals surface area (Å²) in [5, 5.41) is 11.7. The van der Waals surface area contributed by atoms with Crippen molar-refractivity contribution < 1.29 is 14.7 Å². The lowest BCUT2D eigenvalue weighted by Crippen LogP contribution is -2.34. The molecule has 1 aliphatic heterocycles. The number of carbonyl (C=O) groups excluding carboxylic acids is 1. The average Bonchev–Trinajstić information content (AvgIpc) is 2.64. The van der Waals surface area contributed by atoms with Crippen LogP contribution in [-0.4, -0.2) is 41.5 Å². The first-order chi connectivity index (χ1) is 9.56. The van der Waals surface area contributed by atoms with E-state index >= 15 is 0 Å². The van der Waals surface area contributed by atoms with Crippen LogP contribution in [0.1, 0.15) is 35.2 Å². The molecule has 1 aliphatic rings. The molecule has 0 spiro atoms. The van der Waals surface area contributed by atoms with Gasteiger partial charge in [0.1, 0.15) is 0 Å². The lowest BCUT2D eigenvalue weighted by Gasteiger charge is -2.26. The molecule has 0 saturated carbocycles. The van der Waals surface area contributed by atoms with Gasteiger partial charge in [0.2, 0.25) is 5.91 Å². The van der Waals surface area contributed by atoms with Gasteiger partial charge >= 0.3 is 5.97 Å². The minimum absolute atomic E-state index is 0.112. The first-order valence-corrected chi connectivity index (χ1v) is 6.85. The van der Waals surface area contributed by atoms with Crippen LogP contribution in [0.2, 0.25) is 0 Å². The summed E-state index contributed by atoms with van der Waals surface area (Å²) in [6.07, 6.45) is 2.53. The monoisotopic (exact) mass is 276 g/mol. The van der Waals surface area contributed by atoms with E-state index in [0.29, 0.717) is 12.0 Å². The van der Waals surface area contributed by atoms with E-state index in [1.165, 1.54) is 0 Å². The van der Waals surface area contributed by atoms with E-state index in [1.54, 1.807) is 12.1 Å². The van der Waals surface area contributed by atoms with E-state index in [-0.39, 0.29) is 11.9 Å². The smallest absolute Gasteiger partial charge is 0.335 e. The number of amides is 1. The van der Waals surface area contributed by atoms with Crippen LogP contribution >= 0.6 is 0 Å². The zero-order chi connectivity index (χ0) is 14.5. The molecule has 0 radical (unpaired) electrons. The topological polar surface area (TPSA) is 69.6 Å². The van der Waals surface area contributed by atoms with Crippen molar-refractivity contribution >= 4 is 11.9 Å². The average molecular weight is 276 g/mol. The maximum absolute atomic E-state index is 11.6. The van der Waals surface area contributed by atoms with E-state index < -0.39 is 5.97 Å². The molecule has 20 heavy (non-hydrogen) atoms. The number of hydrogen-bond donors (Lipinski definition) is 2. The number of hydrogen-bond acceptors (Lipinski definition) is 3. The van der Waals surface area contributed by atoms with E-state index in [0.717, 1.165) is 31.5 Å². The second-order valence-electron chi connectivity index (χ2n) is 5.27. The summed E-state index contributed by atoms with van der Waals surface area (Å²) in [6, 6.07) is 7.14. The SMILES string of the molecule is CN(Cc1ccc(C(=O)O)cc1)C1CCCNC(=O)C1. The van der Waals surface area contributed by atoms with Crippen molar-refractivity contribution in [3.8, 4) is 0 Å².